The highest BCUT2D eigenvalue weighted by molar-refractivity contribution is 6.30. The van der Waals surface area contributed by atoms with Gasteiger partial charge in [-0.1, -0.05) is 56.5 Å². The van der Waals surface area contributed by atoms with Gasteiger partial charge in [0.2, 0.25) is 5.91 Å². The molecule has 0 aliphatic carbocycles. The number of unbranched alkanes of at least 4 members (excludes halogenated alkanes) is 3. The molecule has 1 unspecified atom stereocenters. The van der Waals surface area contributed by atoms with Crippen LogP contribution >= 0.6 is 11.6 Å². The van der Waals surface area contributed by atoms with Crippen molar-refractivity contribution < 1.29 is 9.90 Å². The minimum absolute atomic E-state index is 0.0298. The molecule has 0 radical (unpaired) electrons. The number of hydrogen-bond donors (Lipinski definition) is 1. The fourth-order valence-corrected chi connectivity index (χ4v) is 2.39. The van der Waals surface area contributed by atoms with Gasteiger partial charge in [-0.05, 0) is 12.0 Å². The van der Waals surface area contributed by atoms with Crippen LogP contribution in [0.25, 0.3) is 0 Å². The topological polar surface area (TPSA) is 40.5 Å². The van der Waals surface area contributed by atoms with E-state index in [0.29, 0.717) is 13.1 Å². The number of alkyl halides is 1. The van der Waals surface area contributed by atoms with Gasteiger partial charge in [-0.25, -0.2) is 0 Å². The highest BCUT2D eigenvalue weighted by atomic mass is 35.5. The van der Waals surface area contributed by atoms with Gasteiger partial charge in [0.25, 0.3) is 0 Å². The number of rotatable bonds is 9. The lowest BCUT2D eigenvalue weighted by Gasteiger charge is -2.24. The van der Waals surface area contributed by atoms with Crippen molar-refractivity contribution in [3.8, 4) is 0 Å². The van der Waals surface area contributed by atoms with E-state index in [1.54, 1.807) is 4.90 Å². The molecule has 1 atom stereocenters. The highest BCUT2D eigenvalue weighted by Gasteiger charge is 2.23. The molecule has 1 rings (SSSR count). The predicted molar refractivity (Wildman–Crippen MR) is 82.8 cm³/mol. The molecule has 3 nitrogen and oxygen atoms in total. The predicted octanol–water partition coefficient (Wildman–Crippen LogP) is 3.37. The number of aliphatic hydroxyl groups is 1. The van der Waals surface area contributed by atoms with Gasteiger partial charge in [-0.15, -0.1) is 11.6 Å². The van der Waals surface area contributed by atoms with Crippen molar-refractivity contribution in [2.75, 3.05) is 19.7 Å². The summed E-state index contributed by atoms with van der Waals surface area (Å²) in [7, 11) is 0. The normalized spacial score (nSPS) is 12.2. The van der Waals surface area contributed by atoms with Gasteiger partial charge in [-0.2, -0.15) is 0 Å². The molecule has 0 aliphatic heterocycles. The van der Waals surface area contributed by atoms with Crippen molar-refractivity contribution in [3.05, 3.63) is 35.9 Å². The van der Waals surface area contributed by atoms with Crippen LogP contribution in [0.3, 0.4) is 0 Å². The first kappa shape index (κ1) is 17.0. The van der Waals surface area contributed by atoms with E-state index in [-0.39, 0.29) is 12.5 Å². The van der Waals surface area contributed by atoms with Crippen molar-refractivity contribution >= 4 is 17.5 Å². The van der Waals surface area contributed by atoms with Crippen LogP contribution in [0.2, 0.25) is 0 Å². The Balaban J connectivity index is 2.58. The van der Waals surface area contributed by atoms with Gasteiger partial charge >= 0.3 is 0 Å². The fraction of sp³-hybridized carbons (Fsp3) is 0.562. The maximum atomic E-state index is 12.4. The summed E-state index contributed by atoms with van der Waals surface area (Å²) >= 11 is 6.25. The Bertz CT molecular complexity index is 383. The minimum Gasteiger partial charge on any atom is -0.395 e. The zero-order chi connectivity index (χ0) is 14.8. The molecule has 1 aromatic rings. The molecule has 4 heteroatoms. The first-order valence-electron chi connectivity index (χ1n) is 7.29. The summed E-state index contributed by atoms with van der Waals surface area (Å²) in [6, 6.07) is 9.34. The summed E-state index contributed by atoms with van der Waals surface area (Å²) in [5.74, 6) is -0.122. The van der Waals surface area contributed by atoms with Crippen LogP contribution in [0, 0.1) is 0 Å². The van der Waals surface area contributed by atoms with Crippen LogP contribution in [0.4, 0.5) is 0 Å². The number of nitrogens with zero attached hydrogens (tertiary/aromatic N) is 1. The van der Waals surface area contributed by atoms with Crippen LogP contribution in [-0.2, 0) is 4.79 Å². The van der Waals surface area contributed by atoms with E-state index < -0.39 is 5.38 Å². The van der Waals surface area contributed by atoms with Crippen LogP contribution < -0.4 is 0 Å². The lowest BCUT2D eigenvalue weighted by molar-refractivity contribution is -0.131. The number of carbonyl (C=O) groups excluding carboxylic acids is 1. The van der Waals surface area contributed by atoms with Crippen molar-refractivity contribution in [2.24, 2.45) is 0 Å². The Labute approximate surface area is 126 Å². The van der Waals surface area contributed by atoms with E-state index in [0.717, 1.165) is 24.8 Å². The smallest absolute Gasteiger partial charge is 0.245 e. The minimum atomic E-state index is -0.672. The van der Waals surface area contributed by atoms with Gasteiger partial charge in [0, 0.05) is 13.1 Å². The van der Waals surface area contributed by atoms with E-state index in [1.807, 2.05) is 30.3 Å². The summed E-state index contributed by atoms with van der Waals surface area (Å²) in [5.41, 5.74) is 0.802. The zero-order valence-electron chi connectivity index (χ0n) is 12.1. The molecule has 0 aliphatic rings. The molecule has 1 aromatic carbocycles. The molecule has 0 saturated heterocycles. The zero-order valence-corrected chi connectivity index (χ0v) is 12.9. The SMILES string of the molecule is CCCCCCN(CCO)C(=O)C(Cl)c1ccccc1. The summed E-state index contributed by atoms with van der Waals surface area (Å²) < 4.78 is 0. The Hall–Kier alpha value is -1.06. The van der Waals surface area contributed by atoms with E-state index in [2.05, 4.69) is 6.92 Å². The van der Waals surface area contributed by atoms with Gasteiger partial charge in [0.05, 0.1) is 6.61 Å². The van der Waals surface area contributed by atoms with Crippen molar-refractivity contribution in [1.29, 1.82) is 0 Å². The molecule has 0 aromatic heterocycles. The number of benzene rings is 1. The average Bonchev–Trinajstić information content (AvgIpc) is 2.50. The lowest BCUT2D eigenvalue weighted by Crippen LogP contribution is -2.36. The number of amides is 1. The Morgan fingerprint density at radius 3 is 2.50 bits per heavy atom. The summed E-state index contributed by atoms with van der Waals surface area (Å²) in [4.78, 5) is 14.0. The molecule has 0 spiro atoms. The summed E-state index contributed by atoms with van der Waals surface area (Å²) in [6.07, 6.45) is 4.39. The molecule has 0 fully saturated rings. The lowest BCUT2D eigenvalue weighted by atomic mass is 10.1. The highest BCUT2D eigenvalue weighted by Crippen LogP contribution is 2.22. The van der Waals surface area contributed by atoms with Gasteiger partial charge in [-0.3, -0.25) is 4.79 Å². The maximum Gasteiger partial charge on any atom is 0.245 e. The van der Waals surface area contributed by atoms with Crippen molar-refractivity contribution in [1.82, 2.24) is 4.90 Å². The third kappa shape index (κ3) is 5.51. The van der Waals surface area contributed by atoms with E-state index in [1.165, 1.54) is 6.42 Å². The third-order valence-electron chi connectivity index (χ3n) is 3.27. The molecule has 1 amide bonds. The molecule has 1 N–H and O–H groups in total. The second-order valence-corrected chi connectivity index (χ2v) is 5.32. The van der Waals surface area contributed by atoms with E-state index in [4.69, 9.17) is 16.7 Å². The fourth-order valence-electron chi connectivity index (χ4n) is 2.11. The molecule has 0 heterocycles. The Kier molecular flexibility index (Phi) is 8.31. The standard InChI is InChI=1S/C16H24ClNO2/c1-2-3-4-8-11-18(12-13-19)16(20)15(17)14-9-6-5-7-10-14/h5-7,9-10,15,19H,2-4,8,11-13H2,1H3. The first-order chi connectivity index (χ1) is 9.70. The number of halogens is 1. The molecular weight excluding hydrogens is 274 g/mol. The number of aliphatic hydroxyl groups excluding tert-OH is 1. The Morgan fingerprint density at radius 2 is 1.90 bits per heavy atom. The van der Waals surface area contributed by atoms with Crippen molar-refractivity contribution in [3.63, 3.8) is 0 Å². The van der Waals surface area contributed by atoms with Crippen molar-refractivity contribution in [2.45, 2.75) is 38.0 Å². The van der Waals surface area contributed by atoms with Gasteiger partial charge in [0.15, 0.2) is 0 Å². The molecular formula is C16H24ClNO2. The number of hydrogen-bond acceptors (Lipinski definition) is 2. The molecule has 0 saturated carbocycles. The van der Waals surface area contributed by atoms with E-state index in [9.17, 15) is 4.79 Å². The van der Waals surface area contributed by atoms with Crippen LogP contribution in [0.1, 0.15) is 43.5 Å². The number of carbonyl (C=O) groups is 1. The summed E-state index contributed by atoms with van der Waals surface area (Å²) in [6.45, 7) is 3.13. The first-order valence-corrected chi connectivity index (χ1v) is 7.73. The Morgan fingerprint density at radius 1 is 1.20 bits per heavy atom. The molecule has 20 heavy (non-hydrogen) atoms. The van der Waals surface area contributed by atoms with Crippen LogP contribution in [0.15, 0.2) is 30.3 Å². The van der Waals surface area contributed by atoms with E-state index >= 15 is 0 Å². The van der Waals surface area contributed by atoms with Crippen LogP contribution in [-0.4, -0.2) is 35.6 Å². The third-order valence-corrected chi connectivity index (χ3v) is 3.71. The average molecular weight is 298 g/mol. The van der Waals surface area contributed by atoms with Gasteiger partial charge < -0.3 is 10.0 Å². The molecule has 0 bridgehead atoms. The second-order valence-electron chi connectivity index (χ2n) is 4.88. The van der Waals surface area contributed by atoms with Crippen LogP contribution in [0.5, 0.6) is 0 Å². The van der Waals surface area contributed by atoms with Gasteiger partial charge in [0.1, 0.15) is 5.38 Å². The molecule has 112 valence electrons. The maximum absolute atomic E-state index is 12.4. The monoisotopic (exact) mass is 297 g/mol. The largest absolute Gasteiger partial charge is 0.395 e. The second kappa shape index (κ2) is 9.78. The quantitative estimate of drug-likeness (QED) is 0.561. The summed E-state index contributed by atoms with van der Waals surface area (Å²) in [5, 5.41) is 8.43.